The fraction of sp³-hybridized carbons (Fsp3) is 0.706. The number of pyridine rings is 1. The number of aromatic nitrogens is 1. The van der Waals surface area contributed by atoms with Crippen LogP contribution in [0.25, 0.3) is 0 Å². The highest BCUT2D eigenvalue weighted by Crippen LogP contribution is 2.39. The molecule has 110 valence electrons. The van der Waals surface area contributed by atoms with Gasteiger partial charge in [-0.3, -0.25) is 9.88 Å². The first-order valence-electron chi connectivity index (χ1n) is 8.15. The van der Waals surface area contributed by atoms with Gasteiger partial charge in [0.1, 0.15) is 0 Å². The van der Waals surface area contributed by atoms with E-state index in [1.807, 2.05) is 12.4 Å². The Morgan fingerprint density at radius 2 is 1.85 bits per heavy atom. The molecule has 1 aliphatic heterocycles. The van der Waals surface area contributed by atoms with Crippen molar-refractivity contribution in [3.05, 3.63) is 30.1 Å². The molecule has 3 nitrogen and oxygen atoms in total. The largest absolute Gasteiger partial charge is 0.326 e. The van der Waals surface area contributed by atoms with Crippen LogP contribution in [0, 0.1) is 11.8 Å². The van der Waals surface area contributed by atoms with Gasteiger partial charge in [-0.1, -0.05) is 19.3 Å². The summed E-state index contributed by atoms with van der Waals surface area (Å²) in [5, 5.41) is 0. The van der Waals surface area contributed by atoms with Crippen molar-refractivity contribution >= 4 is 0 Å². The summed E-state index contributed by atoms with van der Waals surface area (Å²) in [5.74, 6) is 1.88. The smallest absolute Gasteiger partial charge is 0.0497 e. The van der Waals surface area contributed by atoms with Crippen LogP contribution < -0.4 is 5.73 Å². The fourth-order valence-corrected chi connectivity index (χ4v) is 4.29. The SMILES string of the molecule is CC(N)C(c1ccncc1)N1CCC2CCCCC2C1. The molecule has 4 unspecified atom stereocenters. The molecule has 1 aromatic rings. The van der Waals surface area contributed by atoms with Crippen molar-refractivity contribution in [3.8, 4) is 0 Å². The first-order valence-corrected chi connectivity index (χ1v) is 8.15. The van der Waals surface area contributed by atoms with E-state index < -0.39 is 0 Å². The third kappa shape index (κ3) is 2.89. The maximum Gasteiger partial charge on any atom is 0.0497 e. The van der Waals surface area contributed by atoms with E-state index in [-0.39, 0.29) is 6.04 Å². The van der Waals surface area contributed by atoms with E-state index in [4.69, 9.17) is 5.73 Å². The Bertz CT molecular complexity index is 418. The minimum Gasteiger partial charge on any atom is -0.326 e. The first kappa shape index (κ1) is 14.0. The highest BCUT2D eigenvalue weighted by Gasteiger charge is 2.35. The highest BCUT2D eigenvalue weighted by atomic mass is 15.2. The topological polar surface area (TPSA) is 42.1 Å². The van der Waals surface area contributed by atoms with Crippen molar-refractivity contribution < 1.29 is 0 Å². The van der Waals surface area contributed by atoms with E-state index in [2.05, 4.69) is 28.9 Å². The van der Waals surface area contributed by atoms with Gasteiger partial charge >= 0.3 is 0 Å². The van der Waals surface area contributed by atoms with E-state index in [1.54, 1.807) is 0 Å². The Balaban J connectivity index is 1.75. The average Bonchev–Trinajstić information content (AvgIpc) is 2.48. The Kier molecular flexibility index (Phi) is 4.37. The maximum atomic E-state index is 6.31. The standard InChI is InChI=1S/C17H27N3/c1-13(18)17(15-6-9-19-10-7-15)20-11-8-14-4-2-3-5-16(14)12-20/h6-7,9-10,13-14,16-17H,2-5,8,11-12,18H2,1H3. The summed E-state index contributed by atoms with van der Waals surface area (Å²) < 4.78 is 0. The van der Waals surface area contributed by atoms with Gasteiger partial charge in [0.15, 0.2) is 0 Å². The molecule has 0 aromatic carbocycles. The summed E-state index contributed by atoms with van der Waals surface area (Å²) in [4.78, 5) is 6.77. The van der Waals surface area contributed by atoms with Gasteiger partial charge in [-0.25, -0.2) is 0 Å². The van der Waals surface area contributed by atoms with Crippen molar-refractivity contribution in [1.82, 2.24) is 9.88 Å². The third-order valence-electron chi connectivity index (χ3n) is 5.26. The second-order valence-corrected chi connectivity index (χ2v) is 6.67. The zero-order valence-electron chi connectivity index (χ0n) is 12.5. The van der Waals surface area contributed by atoms with Crippen LogP contribution in [0.15, 0.2) is 24.5 Å². The Morgan fingerprint density at radius 3 is 2.55 bits per heavy atom. The second-order valence-electron chi connectivity index (χ2n) is 6.67. The number of fused-ring (bicyclic) bond motifs is 1. The normalized spacial score (nSPS) is 30.5. The zero-order valence-corrected chi connectivity index (χ0v) is 12.5. The van der Waals surface area contributed by atoms with Crippen LogP contribution in [0.3, 0.4) is 0 Å². The molecule has 0 radical (unpaired) electrons. The molecular formula is C17H27N3. The van der Waals surface area contributed by atoms with E-state index in [9.17, 15) is 0 Å². The van der Waals surface area contributed by atoms with Gasteiger partial charge in [-0.05, 0) is 55.8 Å². The zero-order chi connectivity index (χ0) is 13.9. The van der Waals surface area contributed by atoms with E-state index >= 15 is 0 Å². The van der Waals surface area contributed by atoms with E-state index in [0.717, 1.165) is 11.8 Å². The molecule has 1 aliphatic carbocycles. The molecule has 2 heterocycles. The number of nitrogens with zero attached hydrogens (tertiary/aromatic N) is 2. The van der Waals surface area contributed by atoms with E-state index in [1.165, 1.54) is 50.8 Å². The minimum atomic E-state index is 0.164. The minimum absolute atomic E-state index is 0.164. The van der Waals surface area contributed by atoms with Crippen molar-refractivity contribution in [1.29, 1.82) is 0 Å². The summed E-state index contributed by atoms with van der Waals surface area (Å²) in [7, 11) is 0. The molecule has 3 rings (SSSR count). The lowest BCUT2D eigenvalue weighted by Crippen LogP contribution is -2.47. The molecule has 2 aliphatic rings. The van der Waals surface area contributed by atoms with Crippen molar-refractivity contribution in [3.63, 3.8) is 0 Å². The fourth-order valence-electron chi connectivity index (χ4n) is 4.29. The molecule has 2 N–H and O–H groups in total. The van der Waals surface area contributed by atoms with Gasteiger partial charge < -0.3 is 5.73 Å². The molecular weight excluding hydrogens is 246 g/mol. The van der Waals surface area contributed by atoms with E-state index in [0.29, 0.717) is 6.04 Å². The number of nitrogens with two attached hydrogens (primary N) is 1. The summed E-state index contributed by atoms with van der Waals surface area (Å²) in [5.41, 5.74) is 7.63. The molecule has 4 atom stereocenters. The molecule has 2 fully saturated rings. The number of hydrogen-bond donors (Lipinski definition) is 1. The Labute approximate surface area is 122 Å². The molecule has 20 heavy (non-hydrogen) atoms. The van der Waals surface area contributed by atoms with Crippen LogP contribution in [-0.2, 0) is 0 Å². The molecule has 0 spiro atoms. The number of likely N-dealkylation sites (tertiary alicyclic amines) is 1. The van der Waals surface area contributed by atoms with Gasteiger partial charge in [0.2, 0.25) is 0 Å². The van der Waals surface area contributed by atoms with Crippen LogP contribution in [0.5, 0.6) is 0 Å². The van der Waals surface area contributed by atoms with Gasteiger partial charge in [-0.2, -0.15) is 0 Å². The lowest BCUT2D eigenvalue weighted by Gasteiger charge is -2.45. The third-order valence-corrected chi connectivity index (χ3v) is 5.26. The Morgan fingerprint density at radius 1 is 1.15 bits per heavy atom. The predicted molar refractivity (Wildman–Crippen MR) is 82.3 cm³/mol. The van der Waals surface area contributed by atoms with Gasteiger partial charge in [0.25, 0.3) is 0 Å². The average molecular weight is 273 g/mol. The maximum absolute atomic E-state index is 6.31. The molecule has 3 heteroatoms. The number of hydrogen-bond acceptors (Lipinski definition) is 3. The molecule has 1 saturated heterocycles. The molecule has 1 aromatic heterocycles. The lowest BCUT2D eigenvalue weighted by atomic mass is 9.74. The molecule has 0 amide bonds. The van der Waals surface area contributed by atoms with Gasteiger partial charge in [0.05, 0.1) is 0 Å². The monoisotopic (exact) mass is 273 g/mol. The Hall–Kier alpha value is -0.930. The number of rotatable bonds is 3. The lowest BCUT2D eigenvalue weighted by molar-refractivity contribution is 0.0494. The van der Waals surface area contributed by atoms with Crippen LogP contribution in [0.4, 0.5) is 0 Å². The molecule has 0 bridgehead atoms. The first-order chi connectivity index (χ1) is 9.75. The quantitative estimate of drug-likeness (QED) is 0.920. The summed E-state index contributed by atoms with van der Waals surface area (Å²) >= 11 is 0. The van der Waals surface area contributed by atoms with Gasteiger partial charge in [0, 0.05) is 31.0 Å². The van der Waals surface area contributed by atoms with Gasteiger partial charge in [-0.15, -0.1) is 0 Å². The molecule has 1 saturated carbocycles. The van der Waals surface area contributed by atoms with Crippen molar-refractivity contribution in [2.45, 2.75) is 51.1 Å². The number of piperidine rings is 1. The van der Waals surface area contributed by atoms with Crippen LogP contribution in [-0.4, -0.2) is 29.0 Å². The van der Waals surface area contributed by atoms with Crippen LogP contribution >= 0.6 is 0 Å². The van der Waals surface area contributed by atoms with Crippen molar-refractivity contribution in [2.24, 2.45) is 17.6 Å². The summed E-state index contributed by atoms with van der Waals surface area (Å²) in [6.07, 6.45) is 10.9. The second kappa shape index (κ2) is 6.23. The van der Waals surface area contributed by atoms with Crippen molar-refractivity contribution in [2.75, 3.05) is 13.1 Å². The summed E-state index contributed by atoms with van der Waals surface area (Å²) in [6.45, 7) is 4.58. The summed E-state index contributed by atoms with van der Waals surface area (Å²) in [6, 6.07) is 4.76. The van der Waals surface area contributed by atoms with Crippen LogP contribution in [0.1, 0.15) is 50.6 Å². The predicted octanol–water partition coefficient (Wildman–Crippen LogP) is 2.98. The highest BCUT2D eigenvalue weighted by molar-refractivity contribution is 5.17. The van der Waals surface area contributed by atoms with Crippen LogP contribution in [0.2, 0.25) is 0 Å².